The summed E-state index contributed by atoms with van der Waals surface area (Å²) in [5.41, 5.74) is 3.92. The Morgan fingerprint density at radius 1 is 0.893 bits per heavy atom. The molecular formula is C26H25NO. The van der Waals surface area contributed by atoms with Gasteiger partial charge < -0.3 is 5.32 Å². The Kier molecular flexibility index (Phi) is 5.96. The molecule has 0 spiro atoms. The molecule has 0 fully saturated rings. The molecule has 0 saturated heterocycles. The Balaban J connectivity index is 2.05. The molecule has 0 aliphatic heterocycles. The van der Waals surface area contributed by atoms with Crippen molar-refractivity contribution in [3.8, 4) is 11.8 Å². The molecule has 3 aromatic carbocycles. The number of nitrogens with one attached hydrogen (secondary N) is 1. The molecule has 1 amide bonds. The highest BCUT2D eigenvalue weighted by Gasteiger charge is 2.37. The zero-order valence-corrected chi connectivity index (χ0v) is 16.6. The van der Waals surface area contributed by atoms with Gasteiger partial charge in [-0.1, -0.05) is 73.4 Å². The summed E-state index contributed by atoms with van der Waals surface area (Å²) in [7, 11) is 0. The lowest BCUT2D eigenvalue weighted by Crippen LogP contribution is -2.39. The van der Waals surface area contributed by atoms with Crippen molar-refractivity contribution in [2.24, 2.45) is 0 Å². The van der Waals surface area contributed by atoms with Crippen LogP contribution in [0.15, 0.2) is 78.9 Å². The summed E-state index contributed by atoms with van der Waals surface area (Å²) in [5.74, 6) is 6.41. The second kappa shape index (κ2) is 8.59. The van der Waals surface area contributed by atoms with Gasteiger partial charge in [0.15, 0.2) is 0 Å². The van der Waals surface area contributed by atoms with Crippen LogP contribution in [0.2, 0.25) is 0 Å². The molecule has 0 saturated carbocycles. The minimum Gasteiger partial charge on any atom is -0.324 e. The van der Waals surface area contributed by atoms with Gasteiger partial charge in [0.25, 0.3) is 0 Å². The first-order valence-corrected chi connectivity index (χ1v) is 9.57. The van der Waals surface area contributed by atoms with Crippen LogP contribution in [0.25, 0.3) is 0 Å². The van der Waals surface area contributed by atoms with Crippen LogP contribution in [0.4, 0.5) is 5.69 Å². The first kappa shape index (κ1) is 19.5. The number of hydrogen-bond donors (Lipinski definition) is 1. The lowest BCUT2D eigenvalue weighted by molar-refractivity contribution is -0.119. The number of carbonyl (C=O) groups is 1. The van der Waals surface area contributed by atoms with Gasteiger partial charge in [-0.15, -0.1) is 0 Å². The summed E-state index contributed by atoms with van der Waals surface area (Å²) < 4.78 is 0. The Morgan fingerprint density at radius 3 is 2.04 bits per heavy atom. The number of rotatable bonds is 4. The SMILES string of the molecule is CC[C@](C#Cc1ccccc1)(C(=O)Nc1cc(C)cc(C)c1)c1ccccc1. The smallest absolute Gasteiger partial charge is 0.247 e. The van der Waals surface area contributed by atoms with Crippen molar-refractivity contribution in [1.29, 1.82) is 0 Å². The molecule has 2 nitrogen and oxygen atoms in total. The van der Waals surface area contributed by atoms with Crippen molar-refractivity contribution in [1.82, 2.24) is 0 Å². The molecule has 0 bridgehead atoms. The number of benzene rings is 3. The number of aryl methyl sites for hydroxylation is 2. The highest BCUT2D eigenvalue weighted by molar-refractivity contribution is 6.02. The molecule has 3 aromatic rings. The van der Waals surface area contributed by atoms with E-state index in [2.05, 4.69) is 23.2 Å². The highest BCUT2D eigenvalue weighted by Crippen LogP contribution is 2.30. The van der Waals surface area contributed by atoms with Crippen molar-refractivity contribution < 1.29 is 4.79 Å². The molecule has 3 rings (SSSR count). The van der Waals surface area contributed by atoms with Crippen LogP contribution in [0.1, 0.15) is 35.6 Å². The third-order valence-corrected chi connectivity index (χ3v) is 4.86. The zero-order chi connectivity index (χ0) is 20.0. The van der Waals surface area contributed by atoms with Gasteiger partial charge in [-0.05, 0) is 61.2 Å². The quantitative estimate of drug-likeness (QED) is 0.594. The van der Waals surface area contributed by atoms with Gasteiger partial charge in [0.1, 0.15) is 5.41 Å². The van der Waals surface area contributed by atoms with Crippen LogP contribution in [0, 0.1) is 25.7 Å². The van der Waals surface area contributed by atoms with Crippen LogP contribution >= 0.6 is 0 Å². The minimum atomic E-state index is -0.922. The maximum absolute atomic E-state index is 13.5. The number of amides is 1. The molecule has 0 aliphatic rings. The van der Waals surface area contributed by atoms with E-state index in [1.807, 2.05) is 93.6 Å². The summed E-state index contributed by atoms with van der Waals surface area (Å²) in [6, 6.07) is 25.7. The maximum atomic E-state index is 13.5. The predicted octanol–water partition coefficient (Wildman–Crippen LogP) is 5.64. The van der Waals surface area contributed by atoms with Crippen LogP contribution in [0.5, 0.6) is 0 Å². The fourth-order valence-electron chi connectivity index (χ4n) is 3.42. The van der Waals surface area contributed by atoms with Crippen molar-refractivity contribution in [2.45, 2.75) is 32.6 Å². The summed E-state index contributed by atoms with van der Waals surface area (Å²) in [5, 5.41) is 3.11. The van der Waals surface area contributed by atoms with Gasteiger partial charge in [-0.3, -0.25) is 4.79 Å². The first-order valence-electron chi connectivity index (χ1n) is 9.57. The Hall–Kier alpha value is -3.31. The fraction of sp³-hybridized carbons (Fsp3) is 0.192. The van der Waals surface area contributed by atoms with E-state index in [1.165, 1.54) is 0 Å². The van der Waals surface area contributed by atoms with E-state index in [9.17, 15) is 4.79 Å². The van der Waals surface area contributed by atoms with Crippen molar-refractivity contribution in [3.05, 3.63) is 101 Å². The van der Waals surface area contributed by atoms with Crippen LogP contribution < -0.4 is 5.32 Å². The highest BCUT2D eigenvalue weighted by atomic mass is 16.2. The summed E-state index contributed by atoms with van der Waals surface area (Å²) >= 11 is 0. The molecule has 0 heterocycles. The minimum absolute atomic E-state index is 0.102. The van der Waals surface area contributed by atoms with Crippen molar-refractivity contribution in [3.63, 3.8) is 0 Å². The van der Waals surface area contributed by atoms with Crippen LogP contribution in [-0.4, -0.2) is 5.91 Å². The van der Waals surface area contributed by atoms with Crippen LogP contribution in [0.3, 0.4) is 0 Å². The lowest BCUT2D eigenvalue weighted by Gasteiger charge is -2.27. The maximum Gasteiger partial charge on any atom is 0.247 e. The first-order chi connectivity index (χ1) is 13.5. The van der Waals surface area contributed by atoms with Gasteiger partial charge >= 0.3 is 0 Å². The summed E-state index contributed by atoms with van der Waals surface area (Å²) in [6.07, 6.45) is 0.577. The number of carbonyl (C=O) groups excluding carboxylic acids is 1. The van der Waals surface area contributed by atoms with E-state index in [0.717, 1.165) is 27.9 Å². The van der Waals surface area contributed by atoms with Gasteiger partial charge in [0.2, 0.25) is 5.91 Å². The average Bonchev–Trinajstić information content (AvgIpc) is 2.69. The Bertz CT molecular complexity index is 992. The lowest BCUT2D eigenvalue weighted by atomic mass is 9.77. The normalized spacial score (nSPS) is 12.4. The fourth-order valence-corrected chi connectivity index (χ4v) is 3.42. The number of anilines is 1. The molecule has 140 valence electrons. The second-order valence-electron chi connectivity index (χ2n) is 7.07. The van der Waals surface area contributed by atoms with E-state index in [0.29, 0.717) is 6.42 Å². The topological polar surface area (TPSA) is 29.1 Å². The third-order valence-electron chi connectivity index (χ3n) is 4.86. The predicted molar refractivity (Wildman–Crippen MR) is 116 cm³/mol. The number of hydrogen-bond acceptors (Lipinski definition) is 1. The summed E-state index contributed by atoms with van der Waals surface area (Å²) in [4.78, 5) is 13.5. The molecule has 0 aromatic heterocycles. The van der Waals surface area contributed by atoms with Gasteiger partial charge in [0, 0.05) is 11.3 Å². The molecule has 0 radical (unpaired) electrons. The van der Waals surface area contributed by atoms with Gasteiger partial charge in [-0.25, -0.2) is 0 Å². The van der Waals surface area contributed by atoms with Crippen LogP contribution in [-0.2, 0) is 10.2 Å². The second-order valence-corrected chi connectivity index (χ2v) is 7.07. The van der Waals surface area contributed by atoms with Crippen molar-refractivity contribution in [2.75, 3.05) is 5.32 Å². The third kappa shape index (κ3) is 4.32. The molecule has 0 unspecified atom stereocenters. The standard InChI is InChI=1S/C26H25NO/c1-4-26(23-13-9-6-10-14-23,16-15-22-11-7-5-8-12-22)25(28)27-24-18-20(2)17-21(3)19-24/h5-14,17-19H,4H2,1-3H3,(H,27,28)/t26-/m1/s1. The molecule has 2 heteroatoms. The molecule has 1 atom stereocenters. The van der Waals surface area contributed by atoms with Crippen molar-refractivity contribution >= 4 is 11.6 Å². The van der Waals surface area contributed by atoms with Gasteiger partial charge in [-0.2, -0.15) is 0 Å². The molecule has 0 aliphatic carbocycles. The van der Waals surface area contributed by atoms with E-state index in [-0.39, 0.29) is 5.91 Å². The van der Waals surface area contributed by atoms with E-state index in [4.69, 9.17) is 0 Å². The largest absolute Gasteiger partial charge is 0.324 e. The monoisotopic (exact) mass is 367 g/mol. The Morgan fingerprint density at radius 2 is 1.46 bits per heavy atom. The summed E-state index contributed by atoms with van der Waals surface area (Å²) in [6.45, 7) is 6.07. The van der Waals surface area contributed by atoms with E-state index >= 15 is 0 Å². The van der Waals surface area contributed by atoms with E-state index in [1.54, 1.807) is 0 Å². The molecular weight excluding hydrogens is 342 g/mol. The molecule has 1 N–H and O–H groups in total. The van der Waals surface area contributed by atoms with E-state index < -0.39 is 5.41 Å². The average molecular weight is 367 g/mol. The molecule has 28 heavy (non-hydrogen) atoms. The zero-order valence-electron chi connectivity index (χ0n) is 16.6. The van der Waals surface area contributed by atoms with Gasteiger partial charge in [0.05, 0.1) is 0 Å². The Labute approximate surface area is 167 Å².